The van der Waals surface area contributed by atoms with Gasteiger partial charge in [-0.15, -0.1) is 11.3 Å². The van der Waals surface area contributed by atoms with Crippen LogP contribution in [0.15, 0.2) is 99.7 Å². The Morgan fingerprint density at radius 1 is 1.00 bits per heavy atom. The number of rotatable bonds is 10. The molecule has 10 heteroatoms. The van der Waals surface area contributed by atoms with E-state index in [1.807, 2.05) is 30.3 Å². The summed E-state index contributed by atoms with van der Waals surface area (Å²) in [4.78, 5) is 16.5. The number of methoxy groups -OCH3 is 1. The van der Waals surface area contributed by atoms with Crippen LogP contribution in [-0.4, -0.2) is 37.6 Å². The lowest BCUT2D eigenvalue weighted by Crippen LogP contribution is -2.44. The van der Waals surface area contributed by atoms with E-state index in [4.69, 9.17) is 4.74 Å². The zero-order valence-electron chi connectivity index (χ0n) is 18.6. The van der Waals surface area contributed by atoms with Gasteiger partial charge >= 0.3 is 5.97 Å². The number of carboxylic acid groups (broad SMARTS) is 1. The summed E-state index contributed by atoms with van der Waals surface area (Å²) in [7, 11) is -2.54. The summed E-state index contributed by atoms with van der Waals surface area (Å²) in [6.45, 7) is 0. The summed E-state index contributed by atoms with van der Waals surface area (Å²) < 4.78 is 34.6. The van der Waals surface area contributed by atoms with Crippen molar-refractivity contribution in [3.8, 4) is 16.9 Å². The van der Waals surface area contributed by atoms with Crippen LogP contribution < -0.4 is 9.46 Å². The summed E-state index contributed by atoms with van der Waals surface area (Å²) >= 11 is 2.58. The van der Waals surface area contributed by atoms with Crippen LogP contribution in [0.25, 0.3) is 11.1 Å². The molecule has 0 aliphatic carbocycles. The third-order valence-electron chi connectivity index (χ3n) is 5.20. The van der Waals surface area contributed by atoms with E-state index in [9.17, 15) is 18.3 Å². The van der Waals surface area contributed by atoms with Crippen LogP contribution in [0.3, 0.4) is 0 Å². The molecule has 3 aromatic carbocycles. The summed E-state index contributed by atoms with van der Waals surface area (Å²) in [6, 6.07) is 21.2. The molecule has 4 rings (SSSR count). The van der Waals surface area contributed by atoms with Crippen molar-refractivity contribution in [3.63, 3.8) is 0 Å². The molecule has 0 amide bonds. The molecule has 0 bridgehead atoms. The molecule has 0 aliphatic rings. The van der Waals surface area contributed by atoms with Gasteiger partial charge in [0.1, 0.15) is 16.1 Å². The second-order valence-electron chi connectivity index (χ2n) is 7.44. The minimum Gasteiger partial charge on any atom is -0.497 e. The number of aliphatic carboxylic acids is 1. The lowest BCUT2D eigenvalue weighted by Gasteiger charge is -2.24. The lowest BCUT2D eigenvalue weighted by molar-refractivity contribution is -0.139. The number of carboxylic acids is 1. The maximum absolute atomic E-state index is 13.2. The Morgan fingerprint density at radius 2 is 1.63 bits per heavy atom. The molecule has 2 N–H and O–H groups in total. The molecule has 0 fully saturated rings. The molecule has 2 atom stereocenters. The summed E-state index contributed by atoms with van der Waals surface area (Å²) in [6.07, 6.45) is 1.62. The molecule has 4 aromatic rings. The second-order valence-corrected chi connectivity index (χ2v) is 11.4. The highest BCUT2D eigenvalue weighted by Gasteiger charge is 2.35. The Labute approximate surface area is 211 Å². The molecular formula is C25H22N2O5S3. The van der Waals surface area contributed by atoms with Crippen molar-refractivity contribution in [2.75, 3.05) is 7.11 Å². The number of carbonyl (C=O) groups is 1. The van der Waals surface area contributed by atoms with Crippen molar-refractivity contribution < 1.29 is 23.1 Å². The molecule has 7 nitrogen and oxygen atoms in total. The third kappa shape index (κ3) is 6.09. The van der Waals surface area contributed by atoms with Crippen LogP contribution in [0, 0.1) is 0 Å². The van der Waals surface area contributed by atoms with Gasteiger partial charge in [0.05, 0.1) is 17.3 Å². The number of nitrogens with zero attached hydrogens (tertiary/aromatic N) is 1. The number of nitrogens with one attached hydrogen (secondary N) is 1. The van der Waals surface area contributed by atoms with E-state index >= 15 is 0 Å². The first kappa shape index (κ1) is 24.9. The van der Waals surface area contributed by atoms with Gasteiger partial charge in [-0.05, 0) is 41.0 Å². The van der Waals surface area contributed by atoms with Gasteiger partial charge in [0.2, 0.25) is 10.0 Å². The van der Waals surface area contributed by atoms with Crippen molar-refractivity contribution in [2.45, 2.75) is 20.5 Å². The van der Waals surface area contributed by atoms with Gasteiger partial charge in [-0.3, -0.25) is 4.79 Å². The maximum Gasteiger partial charge on any atom is 0.323 e. The van der Waals surface area contributed by atoms with Gasteiger partial charge < -0.3 is 9.84 Å². The van der Waals surface area contributed by atoms with Crippen molar-refractivity contribution in [1.82, 2.24) is 9.71 Å². The number of hydrogen-bond donors (Lipinski definition) is 2. The topological polar surface area (TPSA) is 106 Å². The van der Waals surface area contributed by atoms with Crippen LogP contribution >= 0.6 is 23.1 Å². The van der Waals surface area contributed by atoms with Gasteiger partial charge in [0.25, 0.3) is 0 Å². The molecule has 1 aromatic heterocycles. The van der Waals surface area contributed by atoms with E-state index in [0.29, 0.717) is 9.90 Å². The monoisotopic (exact) mass is 526 g/mol. The van der Waals surface area contributed by atoms with Gasteiger partial charge in [-0.1, -0.05) is 66.4 Å². The summed E-state index contributed by atoms with van der Waals surface area (Å²) in [5, 5.41) is 11.1. The van der Waals surface area contributed by atoms with Crippen LogP contribution in [0.5, 0.6) is 5.75 Å². The SMILES string of the molecule is COc1ccc(-c2ccc(S(=O)(=O)N[C@@H](C(=O)O)[C@H](Sc3nccs3)c3ccccc3)cc2)cc1. The van der Waals surface area contributed by atoms with E-state index in [1.54, 1.807) is 55.1 Å². The average molecular weight is 527 g/mol. The first-order valence-electron chi connectivity index (χ1n) is 10.5. The zero-order valence-corrected chi connectivity index (χ0v) is 21.0. The fraction of sp³-hybridized carbons (Fsp3) is 0.120. The molecule has 180 valence electrons. The normalized spacial score (nSPS) is 13.2. The highest BCUT2D eigenvalue weighted by atomic mass is 32.2. The first-order chi connectivity index (χ1) is 16.9. The molecule has 35 heavy (non-hydrogen) atoms. The fourth-order valence-corrected chi connectivity index (χ4v) is 6.74. The van der Waals surface area contributed by atoms with E-state index in [-0.39, 0.29) is 4.90 Å². The fourth-order valence-electron chi connectivity index (χ4n) is 3.44. The predicted octanol–water partition coefficient (Wildman–Crippen LogP) is 5.08. The number of thioether (sulfide) groups is 1. The zero-order chi connectivity index (χ0) is 24.8. The van der Waals surface area contributed by atoms with E-state index in [0.717, 1.165) is 16.9 Å². The molecule has 0 unspecified atom stereocenters. The number of thiazole rings is 1. The van der Waals surface area contributed by atoms with Crippen LogP contribution in [-0.2, 0) is 14.8 Å². The van der Waals surface area contributed by atoms with Gasteiger partial charge in [-0.25, -0.2) is 13.4 Å². The predicted molar refractivity (Wildman–Crippen MR) is 137 cm³/mol. The van der Waals surface area contributed by atoms with Crippen molar-refractivity contribution in [3.05, 3.63) is 96.0 Å². The standard InChI is InChI=1S/C25H22N2O5S3/c1-32-20-11-7-17(8-12-20)18-9-13-21(14-10-18)35(30,31)27-22(24(28)29)23(19-5-3-2-4-6-19)34-25-26-15-16-33-25/h2-16,22-23,27H,1H3,(H,28,29)/t22-,23-/m1/s1. The Bertz CT molecular complexity index is 1360. The quantitative estimate of drug-likeness (QED) is 0.278. The number of aromatic nitrogens is 1. The van der Waals surface area contributed by atoms with E-state index in [1.165, 1.54) is 35.2 Å². The molecule has 1 heterocycles. The van der Waals surface area contributed by atoms with E-state index < -0.39 is 27.3 Å². The Morgan fingerprint density at radius 3 is 2.17 bits per heavy atom. The van der Waals surface area contributed by atoms with E-state index in [2.05, 4.69) is 9.71 Å². The number of hydrogen-bond acceptors (Lipinski definition) is 7. The Hall–Kier alpha value is -3.18. The Kier molecular flexibility index (Phi) is 7.86. The van der Waals surface area contributed by atoms with Crippen LogP contribution in [0.2, 0.25) is 0 Å². The summed E-state index contributed by atoms with van der Waals surface area (Å²) in [5.41, 5.74) is 2.40. The van der Waals surface area contributed by atoms with Gasteiger partial charge in [0.15, 0.2) is 0 Å². The number of ether oxygens (including phenoxy) is 1. The first-order valence-corrected chi connectivity index (χ1v) is 13.7. The molecular weight excluding hydrogens is 504 g/mol. The highest BCUT2D eigenvalue weighted by Crippen LogP contribution is 2.39. The number of sulfonamides is 1. The molecule has 0 spiro atoms. The maximum atomic E-state index is 13.2. The van der Waals surface area contributed by atoms with Gasteiger partial charge in [0, 0.05) is 11.6 Å². The number of benzene rings is 3. The largest absolute Gasteiger partial charge is 0.497 e. The summed E-state index contributed by atoms with van der Waals surface area (Å²) in [5.74, 6) is -0.554. The van der Waals surface area contributed by atoms with Crippen LogP contribution in [0.4, 0.5) is 0 Å². The minimum absolute atomic E-state index is 0.0212. The Balaban J connectivity index is 1.61. The minimum atomic E-state index is -4.13. The van der Waals surface area contributed by atoms with Gasteiger partial charge in [-0.2, -0.15) is 4.72 Å². The molecule has 0 saturated carbocycles. The highest BCUT2D eigenvalue weighted by molar-refractivity contribution is 8.01. The molecule has 0 saturated heterocycles. The molecule has 0 aliphatic heterocycles. The lowest BCUT2D eigenvalue weighted by atomic mass is 10.1. The molecule has 0 radical (unpaired) electrons. The van der Waals surface area contributed by atoms with Crippen LogP contribution in [0.1, 0.15) is 10.8 Å². The average Bonchev–Trinajstić information content (AvgIpc) is 3.40. The van der Waals surface area contributed by atoms with Crippen molar-refractivity contribution in [2.24, 2.45) is 0 Å². The van der Waals surface area contributed by atoms with Crippen molar-refractivity contribution >= 4 is 39.1 Å². The second kappa shape index (κ2) is 11.0. The third-order valence-corrected chi connectivity index (χ3v) is 8.91. The van der Waals surface area contributed by atoms with Crippen molar-refractivity contribution in [1.29, 1.82) is 0 Å². The smallest absolute Gasteiger partial charge is 0.323 e.